The van der Waals surface area contributed by atoms with E-state index in [1.54, 1.807) is 25.3 Å². The van der Waals surface area contributed by atoms with Crippen molar-refractivity contribution in [1.29, 1.82) is 0 Å². The third-order valence-corrected chi connectivity index (χ3v) is 3.02. The van der Waals surface area contributed by atoms with Gasteiger partial charge in [-0.1, -0.05) is 0 Å². The molecule has 0 radical (unpaired) electrons. The van der Waals surface area contributed by atoms with Crippen LogP contribution in [-0.4, -0.2) is 32.7 Å². The average Bonchev–Trinajstić information content (AvgIpc) is 2.46. The van der Waals surface area contributed by atoms with Crippen LogP contribution in [0.25, 0.3) is 0 Å². The summed E-state index contributed by atoms with van der Waals surface area (Å²) < 4.78 is 16.5. The normalized spacial score (nSPS) is 19.3. The predicted molar refractivity (Wildman–Crippen MR) is 67.5 cm³/mol. The van der Waals surface area contributed by atoms with Gasteiger partial charge in [0.25, 0.3) is 0 Å². The molecule has 0 amide bonds. The number of benzene rings is 1. The van der Waals surface area contributed by atoms with Gasteiger partial charge in [0.1, 0.15) is 12.9 Å². The van der Waals surface area contributed by atoms with Gasteiger partial charge in [0, 0.05) is 12.2 Å². The lowest BCUT2D eigenvalue weighted by atomic mass is 10.1. The summed E-state index contributed by atoms with van der Waals surface area (Å²) in [7, 11) is 1.56. The second kappa shape index (κ2) is 6.40. The molecule has 1 unspecified atom stereocenters. The molecule has 1 heterocycles. The van der Waals surface area contributed by atoms with E-state index in [1.807, 2.05) is 0 Å². The number of rotatable bonds is 5. The Morgan fingerprint density at radius 1 is 1.39 bits per heavy atom. The molecular formula is C14H18O4. The summed E-state index contributed by atoms with van der Waals surface area (Å²) in [6, 6.07) is 5.14. The Kier molecular flexibility index (Phi) is 4.59. The lowest BCUT2D eigenvalue weighted by Gasteiger charge is -2.23. The van der Waals surface area contributed by atoms with Crippen LogP contribution in [0.3, 0.4) is 0 Å². The van der Waals surface area contributed by atoms with Crippen LogP contribution in [0.2, 0.25) is 0 Å². The molecule has 0 bridgehead atoms. The third kappa shape index (κ3) is 3.23. The molecule has 0 spiro atoms. The quantitative estimate of drug-likeness (QED) is 0.753. The lowest BCUT2D eigenvalue weighted by Crippen LogP contribution is -2.25. The fraction of sp³-hybridized carbons (Fsp3) is 0.500. The second-order valence-electron chi connectivity index (χ2n) is 4.33. The van der Waals surface area contributed by atoms with E-state index in [0.717, 1.165) is 25.7 Å². The second-order valence-corrected chi connectivity index (χ2v) is 4.33. The molecule has 1 aliphatic rings. The number of hydrogen-bond acceptors (Lipinski definition) is 4. The number of methoxy groups -OCH3 is 1. The zero-order valence-electron chi connectivity index (χ0n) is 10.6. The van der Waals surface area contributed by atoms with E-state index < -0.39 is 0 Å². The molecule has 1 aromatic rings. The molecular weight excluding hydrogens is 232 g/mol. The highest BCUT2D eigenvalue weighted by Crippen LogP contribution is 2.28. The average molecular weight is 250 g/mol. The first-order valence-electron chi connectivity index (χ1n) is 6.21. The van der Waals surface area contributed by atoms with Crippen LogP contribution in [0.5, 0.6) is 11.5 Å². The predicted octanol–water partition coefficient (Wildman–Crippen LogP) is 2.46. The van der Waals surface area contributed by atoms with Crippen LogP contribution in [0.15, 0.2) is 18.2 Å². The summed E-state index contributed by atoms with van der Waals surface area (Å²) in [6.07, 6.45) is 4.31. The smallest absolute Gasteiger partial charge is 0.161 e. The Morgan fingerprint density at radius 3 is 2.94 bits per heavy atom. The molecule has 1 aliphatic heterocycles. The van der Waals surface area contributed by atoms with Gasteiger partial charge in [-0.15, -0.1) is 0 Å². The van der Waals surface area contributed by atoms with E-state index >= 15 is 0 Å². The van der Waals surface area contributed by atoms with Gasteiger partial charge in [-0.05, 0) is 37.5 Å². The van der Waals surface area contributed by atoms with Gasteiger partial charge >= 0.3 is 0 Å². The first-order valence-corrected chi connectivity index (χ1v) is 6.21. The van der Waals surface area contributed by atoms with Gasteiger partial charge < -0.3 is 14.2 Å². The zero-order chi connectivity index (χ0) is 12.8. The summed E-state index contributed by atoms with van der Waals surface area (Å²) in [5.74, 6) is 1.23. The standard InChI is InChI=1S/C14H18O4/c1-16-14-8-11(9-15)5-6-13(14)18-10-12-4-2-3-7-17-12/h5-6,8-9,12H,2-4,7,10H2,1H3. The highest BCUT2D eigenvalue weighted by Gasteiger charge is 2.15. The van der Waals surface area contributed by atoms with Crippen molar-refractivity contribution in [2.45, 2.75) is 25.4 Å². The van der Waals surface area contributed by atoms with Gasteiger partial charge in [0.15, 0.2) is 11.5 Å². The molecule has 0 aliphatic carbocycles. The number of hydrogen-bond donors (Lipinski definition) is 0. The van der Waals surface area contributed by atoms with Crippen LogP contribution in [0, 0.1) is 0 Å². The maximum atomic E-state index is 10.7. The van der Waals surface area contributed by atoms with Crippen molar-refractivity contribution in [3.05, 3.63) is 23.8 Å². The Hall–Kier alpha value is -1.55. The highest BCUT2D eigenvalue weighted by molar-refractivity contribution is 5.76. The summed E-state index contributed by atoms with van der Waals surface area (Å²) in [5, 5.41) is 0. The van der Waals surface area contributed by atoms with Crippen molar-refractivity contribution in [1.82, 2.24) is 0 Å². The Morgan fingerprint density at radius 2 is 2.28 bits per heavy atom. The molecule has 4 nitrogen and oxygen atoms in total. The highest BCUT2D eigenvalue weighted by atomic mass is 16.5. The molecule has 0 N–H and O–H groups in total. The molecule has 2 rings (SSSR count). The van der Waals surface area contributed by atoms with E-state index in [4.69, 9.17) is 14.2 Å². The maximum Gasteiger partial charge on any atom is 0.161 e. The molecule has 1 atom stereocenters. The maximum absolute atomic E-state index is 10.7. The fourth-order valence-electron chi connectivity index (χ4n) is 2.00. The molecule has 18 heavy (non-hydrogen) atoms. The van der Waals surface area contributed by atoms with Crippen LogP contribution in [0.1, 0.15) is 29.6 Å². The first-order chi connectivity index (χ1) is 8.83. The van der Waals surface area contributed by atoms with E-state index in [-0.39, 0.29) is 6.10 Å². The largest absolute Gasteiger partial charge is 0.493 e. The molecule has 0 saturated carbocycles. The van der Waals surface area contributed by atoms with Crippen molar-refractivity contribution in [3.63, 3.8) is 0 Å². The molecule has 1 aromatic carbocycles. The third-order valence-electron chi connectivity index (χ3n) is 3.02. The lowest BCUT2D eigenvalue weighted by molar-refractivity contribution is -0.0114. The Bertz CT molecular complexity index is 397. The number of carbonyl (C=O) groups is 1. The monoisotopic (exact) mass is 250 g/mol. The van der Waals surface area contributed by atoms with Gasteiger partial charge in [-0.2, -0.15) is 0 Å². The minimum Gasteiger partial charge on any atom is -0.493 e. The molecule has 1 fully saturated rings. The van der Waals surface area contributed by atoms with Crippen molar-refractivity contribution in [3.8, 4) is 11.5 Å². The van der Waals surface area contributed by atoms with Crippen LogP contribution >= 0.6 is 0 Å². The van der Waals surface area contributed by atoms with Gasteiger partial charge in [-0.3, -0.25) is 4.79 Å². The van der Waals surface area contributed by atoms with Crippen LogP contribution < -0.4 is 9.47 Å². The minimum atomic E-state index is 0.161. The molecule has 1 saturated heterocycles. The SMILES string of the molecule is COc1cc(C=O)ccc1OCC1CCCCO1. The van der Waals surface area contributed by atoms with Crippen molar-refractivity contribution < 1.29 is 19.0 Å². The molecule has 98 valence electrons. The van der Waals surface area contributed by atoms with Gasteiger partial charge in [-0.25, -0.2) is 0 Å². The van der Waals surface area contributed by atoms with E-state index in [2.05, 4.69) is 0 Å². The fourth-order valence-corrected chi connectivity index (χ4v) is 2.00. The number of carbonyl (C=O) groups excluding carboxylic acids is 1. The molecule has 0 aromatic heterocycles. The van der Waals surface area contributed by atoms with Gasteiger partial charge in [0.2, 0.25) is 0 Å². The van der Waals surface area contributed by atoms with Crippen molar-refractivity contribution in [2.75, 3.05) is 20.3 Å². The summed E-state index contributed by atoms with van der Waals surface area (Å²) in [4.78, 5) is 10.7. The minimum absolute atomic E-state index is 0.161. The Balaban J connectivity index is 1.97. The van der Waals surface area contributed by atoms with Crippen molar-refractivity contribution >= 4 is 6.29 Å². The van der Waals surface area contributed by atoms with Gasteiger partial charge in [0.05, 0.1) is 13.2 Å². The topological polar surface area (TPSA) is 44.8 Å². The summed E-state index contributed by atoms with van der Waals surface area (Å²) in [6.45, 7) is 1.34. The number of ether oxygens (including phenoxy) is 3. The van der Waals surface area contributed by atoms with E-state index in [0.29, 0.717) is 23.7 Å². The van der Waals surface area contributed by atoms with E-state index in [1.165, 1.54) is 6.42 Å². The molecule has 4 heteroatoms. The van der Waals surface area contributed by atoms with Crippen LogP contribution in [0.4, 0.5) is 0 Å². The van der Waals surface area contributed by atoms with Crippen LogP contribution in [-0.2, 0) is 4.74 Å². The summed E-state index contributed by atoms with van der Waals surface area (Å²) in [5.41, 5.74) is 0.577. The Labute approximate surface area is 107 Å². The van der Waals surface area contributed by atoms with E-state index in [9.17, 15) is 4.79 Å². The zero-order valence-corrected chi connectivity index (χ0v) is 10.6. The summed E-state index contributed by atoms with van der Waals surface area (Å²) >= 11 is 0. The number of aldehydes is 1. The van der Waals surface area contributed by atoms with Crippen molar-refractivity contribution in [2.24, 2.45) is 0 Å². The first kappa shape index (κ1) is 12.9.